The Hall–Kier alpha value is -2.13. The Kier molecular flexibility index (Phi) is 4.77. The number of allylic oxidation sites excluding steroid dienone is 3. The summed E-state index contributed by atoms with van der Waals surface area (Å²) in [5, 5.41) is 0. The number of carbonyl (C=O) groups excluding carboxylic acids is 1. The van der Waals surface area contributed by atoms with Gasteiger partial charge in [-0.05, 0) is 35.3 Å². The van der Waals surface area contributed by atoms with Crippen LogP contribution < -0.4 is 0 Å². The average molecular weight is 369 g/mol. The zero-order chi connectivity index (χ0) is 16.2. The molecule has 0 N–H and O–H groups in total. The molecular weight excluding hydrogens is 352 g/mol. The minimum atomic E-state index is -0.263. The molecule has 2 aromatic carbocycles. The lowest BCUT2D eigenvalue weighted by molar-refractivity contribution is -0.136. The summed E-state index contributed by atoms with van der Waals surface area (Å²) in [5.41, 5.74) is 4.24. The van der Waals surface area contributed by atoms with Gasteiger partial charge in [-0.15, -0.1) is 0 Å². The van der Waals surface area contributed by atoms with Crippen LogP contribution >= 0.6 is 15.9 Å². The van der Waals surface area contributed by atoms with Crippen molar-refractivity contribution in [3.05, 3.63) is 87.9 Å². The van der Waals surface area contributed by atoms with Crippen molar-refractivity contribution in [1.29, 1.82) is 0 Å². The van der Waals surface area contributed by atoms with E-state index in [1.165, 1.54) is 18.2 Å². The summed E-state index contributed by atoms with van der Waals surface area (Å²) >= 11 is 3.46. The summed E-state index contributed by atoms with van der Waals surface area (Å²) in [6.07, 6.45) is 4.70. The highest BCUT2D eigenvalue weighted by Gasteiger charge is 2.27. The van der Waals surface area contributed by atoms with Crippen LogP contribution in [0.5, 0.6) is 0 Å². The number of hydrogen-bond donors (Lipinski definition) is 0. The van der Waals surface area contributed by atoms with Crippen molar-refractivity contribution < 1.29 is 9.53 Å². The molecule has 0 amide bonds. The first kappa shape index (κ1) is 15.8. The van der Waals surface area contributed by atoms with E-state index in [2.05, 4.69) is 40.2 Å². The summed E-state index contributed by atoms with van der Waals surface area (Å²) in [4.78, 5) is 12.1. The first-order chi connectivity index (χ1) is 11.2. The van der Waals surface area contributed by atoms with E-state index in [1.807, 2.05) is 42.5 Å². The highest BCUT2D eigenvalue weighted by Crippen LogP contribution is 2.38. The van der Waals surface area contributed by atoms with Gasteiger partial charge in [0.15, 0.2) is 0 Å². The molecule has 0 spiro atoms. The number of carbonyl (C=O) groups is 1. The van der Waals surface area contributed by atoms with Gasteiger partial charge in [0.1, 0.15) is 0 Å². The third-order valence-corrected chi connectivity index (χ3v) is 4.63. The number of esters is 1. The SMILES string of the molecule is COC(=O)C1=CC=C(c2ccccc2)C[C@@H]1c1ccc(Br)cc1. The Morgan fingerprint density at radius 2 is 1.74 bits per heavy atom. The molecule has 0 radical (unpaired) electrons. The molecule has 1 atom stereocenters. The van der Waals surface area contributed by atoms with E-state index in [9.17, 15) is 4.79 Å². The summed E-state index contributed by atoms with van der Waals surface area (Å²) in [7, 11) is 1.43. The second-order valence-electron chi connectivity index (χ2n) is 5.48. The van der Waals surface area contributed by atoms with Gasteiger partial charge in [0.25, 0.3) is 0 Å². The first-order valence-corrected chi connectivity index (χ1v) is 8.28. The van der Waals surface area contributed by atoms with Gasteiger partial charge < -0.3 is 4.74 Å². The van der Waals surface area contributed by atoms with E-state index in [-0.39, 0.29) is 11.9 Å². The van der Waals surface area contributed by atoms with E-state index in [1.54, 1.807) is 0 Å². The molecule has 23 heavy (non-hydrogen) atoms. The summed E-state index contributed by atoms with van der Waals surface area (Å²) in [6, 6.07) is 18.4. The highest BCUT2D eigenvalue weighted by molar-refractivity contribution is 9.10. The van der Waals surface area contributed by atoms with E-state index in [4.69, 9.17) is 4.74 Å². The molecule has 2 nitrogen and oxygen atoms in total. The largest absolute Gasteiger partial charge is 0.466 e. The van der Waals surface area contributed by atoms with Gasteiger partial charge in [0.2, 0.25) is 0 Å². The number of hydrogen-bond acceptors (Lipinski definition) is 2. The molecule has 116 valence electrons. The fourth-order valence-corrected chi connectivity index (χ4v) is 3.16. The van der Waals surface area contributed by atoms with Crippen LogP contribution in [0.2, 0.25) is 0 Å². The lowest BCUT2D eigenvalue weighted by Crippen LogP contribution is -2.16. The topological polar surface area (TPSA) is 26.3 Å². The van der Waals surface area contributed by atoms with Crippen molar-refractivity contribution in [1.82, 2.24) is 0 Å². The maximum absolute atomic E-state index is 12.1. The van der Waals surface area contributed by atoms with Crippen molar-refractivity contribution >= 4 is 27.5 Å². The summed E-state index contributed by atoms with van der Waals surface area (Å²) in [5.74, 6) is -0.253. The molecule has 0 saturated heterocycles. The lowest BCUT2D eigenvalue weighted by atomic mass is 9.80. The number of ether oxygens (including phenoxy) is 1. The first-order valence-electron chi connectivity index (χ1n) is 7.49. The molecule has 0 aromatic heterocycles. The van der Waals surface area contributed by atoms with Gasteiger partial charge in [-0.25, -0.2) is 4.79 Å². The minimum absolute atomic E-state index is 0.00996. The van der Waals surface area contributed by atoms with E-state index < -0.39 is 0 Å². The van der Waals surface area contributed by atoms with Gasteiger partial charge >= 0.3 is 5.97 Å². The van der Waals surface area contributed by atoms with Crippen LogP contribution in [0, 0.1) is 0 Å². The van der Waals surface area contributed by atoms with Crippen LogP contribution in [-0.2, 0) is 9.53 Å². The van der Waals surface area contributed by atoms with Crippen LogP contribution in [0.25, 0.3) is 5.57 Å². The van der Waals surface area contributed by atoms with Crippen molar-refractivity contribution in [2.24, 2.45) is 0 Å². The third-order valence-electron chi connectivity index (χ3n) is 4.10. The monoisotopic (exact) mass is 368 g/mol. The van der Waals surface area contributed by atoms with Gasteiger partial charge in [-0.2, -0.15) is 0 Å². The van der Waals surface area contributed by atoms with E-state index in [0.29, 0.717) is 5.57 Å². The van der Waals surface area contributed by atoms with Crippen LogP contribution in [0.15, 0.2) is 76.8 Å². The second kappa shape index (κ2) is 6.97. The molecule has 0 unspecified atom stereocenters. The van der Waals surface area contributed by atoms with Gasteiger partial charge in [0.05, 0.1) is 7.11 Å². The number of rotatable bonds is 3. The zero-order valence-corrected chi connectivity index (χ0v) is 14.4. The summed E-state index contributed by atoms with van der Waals surface area (Å²) < 4.78 is 5.99. The zero-order valence-electron chi connectivity index (χ0n) is 12.8. The second-order valence-corrected chi connectivity index (χ2v) is 6.40. The quantitative estimate of drug-likeness (QED) is 0.702. The molecule has 3 rings (SSSR count). The molecular formula is C20H17BrO2. The van der Waals surface area contributed by atoms with Crippen molar-refractivity contribution in [3.8, 4) is 0 Å². The van der Waals surface area contributed by atoms with Gasteiger partial charge in [-0.3, -0.25) is 0 Å². The smallest absolute Gasteiger partial charge is 0.334 e. The summed E-state index contributed by atoms with van der Waals surface area (Å²) in [6.45, 7) is 0. The standard InChI is InChI=1S/C20H17BrO2/c1-23-20(22)18-12-9-16(14-5-3-2-4-6-14)13-19(18)15-7-10-17(21)11-8-15/h2-12,19H,13H2,1H3/t19-/m1/s1. The van der Waals surface area contributed by atoms with Gasteiger partial charge in [0, 0.05) is 16.0 Å². The Bertz CT molecular complexity index is 758. The van der Waals surface area contributed by atoms with E-state index >= 15 is 0 Å². The molecule has 2 aromatic rings. The van der Waals surface area contributed by atoms with Crippen LogP contribution in [-0.4, -0.2) is 13.1 Å². The van der Waals surface area contributed by atoms with E-state index in [0.717, 1.165) is 16.5 Å². The third kappa shape index (κ3) is 3.45. The van der Waals surface area contributed by atoms with Crippen molar-refractivity contribution in [2.75, 3.05) is 7.11 Å². The molecule has 1 aliphatic carbocycles. The van der Waals surface area contributed by atoms with Crippen molar-refractivity contribution in [3.63, 3.8) is 0 Å². The fraction of sp³-hybridized carbons (Fsp3) is 0.150. The fourth-order valence-electron chi connectivity index (χ4n) is 2.89. The lowest BCUT2D eigenvalue weighted by Gasteiger charge is -2.24. The molecule has 0 fully saturated rings. The van der Waals surface area contributed by atoms with Crippen LogP contribution in [0.1, 0.15) is 23.5 Å². The number of halogens is 1. The van der Waals surface area contributed by atoms with Crippen molar-refractivity contribution in [2.45, 2.75) is 12.3 Å². The number of methoxy groups -OCH3 is 1. The average Bonchev–Trinajstić information content (AvgIpc) is 2.62. The molecule has 1 aliphatic rings. The Balaban J connectivity index is 2.00. The maximum atomic E-state index is 12.1. The Labute approximate surface area is 144 Å². The van der Waals surface area contributed by atoms with Gasteiger partial charge in [-0.1, -0.05) is 70.5 Å². The Morgan fingerprint density at radius 1 is 1.04 bits per heavy atom. The maximum Gasteiger partial charge on any atom is 0.334 e. The normalized spacial score (nSPS) is 17.2. The van der Waals surface area contributed by atoms with Crippen LogP contribution in [0.3, 0.4) is 0 Å². The predicted molar refractivity (Wildman–Crippen MR) is 96.0 cm³/mol. The molecule has 0 aliphatic heterocycles. The molecule has 0 saturated carbocycles. The molecule has 0 bridgehead atoms. The highest BCUT2D eigenvalue weighted by atomic mass is 79.9. The molecule has 0 heterocycles. The number of benzene rings is 2. The predicted octanol–water partition coefficient (Wildman–Crippen LogP) is 5.12. The molecule has 3 heteroatoms. The Morgan fingerprint density at radius 3 is 2.39 bits per heavy atom. The minimum Gasteiger partial charge on any atom is -0.466 e. The van der Waals surface area contributed by atoms with Crippen LogP contribution in [0.4, 0.5) is 0 Å².